The van der Waals surface area contributed by atoms with E-state index in [9.17, 15) is 4.79 Å². The zero-order valence-corrected chi connectivity index (χ0v) is 16.4. The summed E-state index contributed by atoms with van der Waals surface area (Å²) in [7, 11) is 0. The Balaban J connectivity index is 1.98. The van der Waals surface area contributed by atoms with Crippen molar-refractivity contribution in [2.45, 2.75) is 39.5 Å². The summed E-state index contributed by atoms with van der Waals surface area (Å²) in [6.45, 7) is 7.03. The molecule has 0 radical (unpaired) electrons. The molecule has 0 bridgehead atoms. The largest absolute Gasteiger partial charge is 0.494 e. The maximum atomic E-state index is 12.4. The second-order valence-corrected chi connectivity index (χ2v) is 6.59. The summed E-state index contributed by atoms with van der Waals surface area (Å²) < 4.78 is 5.53. The van der Waals surface area contributed by atoms with Crippen molar-refractivity contribution in [3.8, 4) is 5.75 Å². The molecule has 138 valence electrons. The number of ether oxygens (including phenoxy) is 1. The highest BCUT2D eigenvalue weighted by molar-refractivity contribution is 7.80. The van der Waals surface area contributed by atoms with Gasteiger partial charge in [0.25, 0.3) is 5.91 Å². The van der Waals surface area contributed by atoms with Crippen LogP contribution in [0.2, 0.25) is 0 Å². The Kier molecular flexibility index (Phi) is 7.60. The van der Waals surface area contributed by atoms with Crippen molar-refractivity contribution in [3.05, 3.63) is 59.7 Å². The Bertz CT molecular complexity index is 744. The zero-order valence-electron chi connectivity index (χ0n) is 15.5. The van der Waals surface area contributed by atoms with Crippen LogP contribution in [0, 0.1) is 0 Å². The van der Waals surface area contributed by atoms with Crippen LogP contribution < -0.4 is 15.4 Å². The van der Waals surface area contributed by atoms with Crippen LogP contribution >= 0.6 is 12.2 Å². The molecule has 0 saturated heterocycles. The first-order valence-corrected chi connectivity index (χ1v) is 9.40. The van der Waals surface area contributed by atoms with E-state index in [0.29, 0.717) is 18.1 Å². The Morgan fingerprint density at radius 2 is 1.81 bits per heavy atom. The van der Waals surface area contributed by atoms with Crippen molar-refractivity contribution in [1.29, 1.82) is 0 Å². The molecular weight excluding hydrogens is 344 g/mol. The fourth-order valence-electron chi connectivity index (χ4n) is 2.51. The first kappa shape index (κ1) is 19.9. The monoisotopic (exact) mass is 370 g/mol. The third kappa shape index (κ3) is 5.56. The topological polar surface area (TPSA) is 50.4 Å². The lowest BCUT2D eigenvalue weighted by Gasteiger charge is -2.17. The fraction of sp³-hybridized carbons (Fsp3) is 0.333. The minimum absolute atomic E-state index is 0.245. The number of thiocarbonyl (C=S) groups is 1. The van der Waals surface area contributed by atoms with Crippen LogP contribution in [0.15, 0.2) is 48.5 Å². The number of hydrogen-bond acceptors (Lipinski definition) is 3. The molecule has 2 aromatic carbocycles. The van der Waals surface area contributed by atoms with Crippen molar-refractivity contribution in [1.82, 2.24) is 5.32 Å². The van der Waals surface area contributed by atoms with Gasteiger partial charge in [0.15, 0.2) is 5.11 Å². The number of para-hydroxylation sites is 1. The highest BCUT2D eigenvalue weighted by atomic mass is 32.1. The summed E-state index contributed by atoms with van der Waals surface area (Å²) >= 11 is 5.31. The molecule has 2 aromatic rings. The summed E-state index contributed by atoms with van der Waals surface area (Å²) in [5.41, 5.74) is 2.65. The molecule has 2 N–H and O–H groups in total. The lowest BCUT2D eigenvalue weighted by atomic mass is 9.97. The maximum absolute atomic E-state index is 12.4. The first-order valence-electron chi connectivity index (χ1n) is 8.99. The first-order chi connectivity index (χ1) is 12.5. The number of nitrogens with one attached hydrogen (secondary N) is 2. The number of benzene rings is 2. The molecule has 0 aromatic heterocycles. The molecule has 4 nitrogen and oxygen atoms in total. The molecular formula is C21H26N2O2S. The van der Waals surface area contributed by atoms with E-state index < -0.39 is 0 Å². The van der Waals surface area contributed by atoms with Gasteiger partial charge < -0.3 is 10.1 Å². The summed E-state index contributed by atoms with van der Waals surface area (Å²) in [6, 6.07) is 15.1. The third-order valence-corrected chi connectivity index (χ3v) is 4.37. The lowest BCUT2D eigenvalue weighted by molar-refractivity contribution is 0.0977. The van der Waals surface area contributed by atoms with Crippen molar-refractivity contribution in [2.75, 3.05) is 11.9 Å². The maximum Gasteiger partial charge on any atom is 0.257 e. The smallest absolute Gasteiger partial charge is 0.257 e. The predicted octanol–water partition coefficient (Wildman–Crippen LogP) is 5.12. The Labute approximate surface area is 161 Å². The number of carbonyl (C=O) groups is 1. The molecule has 0 spiro atoms. The van der Waals surface area contributed by atoms with Crippen LogP contribution in [0.25, 0.3) is 0 Å². The average molecular weight is 371 g/mol. The van der Waals surface area contributed by atoms with Gasteiger partial charge in [-0.2, -0.15) is 0 Å². The van der Waals surface area contributed by atoms with Crippen LogP contribution in [0.4, 0.5) is 5.69 Å². The van der Waals surface area contributed by atoms with Crippen LogP contribution in [0.1, 0.15) is 55.5 Å². The van der Waals surface area contributed by atoms with Gasteiger partial charge in [-0.15, -0.1) is 0 Å². The van der Waals surface area contributed by atoms with Gasteiger partial charge in [-0.3, -0.25) is 10.1 Å². The van der Waals surface area contributed by atoms with Crippen molar-refractivity contribution >= 4 is 28.9 Å². The summed E-state index contributed by atoms with van der Waals surface area (Å²) in [4.78, 5) is 12.4. The van der Waals surface area contributed by atoms with E-state index in [2.05, 4.69) is 37.5 Å². The van der Waals surface area contributed by atoms with Gasteiger partial charge >= 0.3 is 0 Å². The van der Waals surface area contributed by atoms with Gasteiger partial charge in [-0.05, 0) is 66.9 Å². The molecule has 0 aliphatic heterocycles. The van der Waals surface area contributed by atoms with Gasteiger partial charge in [0.05, 0.1) is 6.61 Å². The van der Waals surface area contributed by atoms with Gasteiger partial charge in [0, 0.05) is 11.3 Å². The molecule has 0 aliphatic carbocycles. The number of rotatable bonds is 7. The lowest BCUT2D eigenvalue weighted by Crippen LogP contribution is -2.34. The molecule has 1 amide bonds. The summed E-state index contributed by atoms with van der Waals surface area (Å²) in [5, 5.41) is 6.16. The number of amides is 1. The molecule has 0 aliphatic rings. The number of hydrogen-bond donors (Lipinski definition) is 2. The minimum atomic E-state index is -0.245. The van der Waals surface area contributed by atoms with Gasteiger partial charge in [0.2, 0.25) is 0 Å². The standard InChI is InChI=1S/C21H26N2O2S/c1-4-14-25-17-12-10-16(11-13-17)20(24)23-21(26)22-19-9-7-6-8-18(19)15(3)5-2/h6-13,15H,4-5,14H2,1-3H3,(H2,22,23,24,26)/t15-/m1/s1. The number of carbonyl (C=O) groups excluding carboxylic acids is 1. The van der Waals surface area contributed by atoms with Gasteiger partial charge in [0.1, 0.15) is 5.75 Å². The van der Waals surface area contributed by atoms with Crippen molar-refractivity contribution in [2.24, 2.45) is 0 Å². The molecule has 0 unspecified atom stereocenters. The van der Waals surface area contributed by atoms with E-state index in [0.717, 1.165) is 24.3 Å². The zero-order chi connectivity index (χ0) is 18.9. The second kappa shape index (κ2) is 9.92. The fourth-order valence-corrected chi connectivity index (χ4v) is 2.71. The van der Waals surface area contributed by atoms with Crippen LogP contribution in [0.3, 0.4) is 0 Å². The van der Waals surface area contributed by atoms with E-state index in [4.69, 9.17) is 17.0 Å². The second-order valence-electron chi connectivity index (χ2n) is 6.18. The molecule has 2 rings (SSSR count). The van der Waals surface area contributed by atoms with Crippen molar-refractivity contribution < 1.29 is 9.53 Å². The molecule has 0 saturated carbocycles. The number of anilines is 1. The normalized spacial score (nSPS) is 11.5. The third-order valence-electron chi connectivity index (χ3n) is 4.17. The predicted molar refractivity (Wildman–Crippen MR) is 111 cm³/mol. The quantitative estimate of drug-likeness (QED) is 0.665. The Morgan fingerprint density at radius 1 is 1.12 bits per heavy atom. The van der Waals surface area contributed by atoms with Crippen molar-refractivity contribution in [3.63, 3.8) is 0 Å². The minimum Gasteiger partial charge on any atom is -0.494 e. The molecule has 0 fully saturated rings. The summed E-state index contributed by atoms with van der Waals surface area (Å²) in [6.07, 6.45) is 1.98. The van der Waals surface area contributed by atoms with Crippen LogP contribution in [-0.4, -0.2) is 17.6 Å². The van der Waals surface area contributed by atoms with E-state index in [1.165, 1.54) is 5.56 Å². The highest BCUT2D eigenvalue weighted by Gasteiger charge is 2.12. The van der Waals surface area contributed by atoms with Crippen LogP contribution in [-0.2, 0) is 0 Å². The van der Waals surface area contributed by atoms with E-state index >= 15 is 0 Å². The SMILES string of the molecule is CCCOc1ccc(C(=O)NC(=S)Nc2ccccc2[C@H](C)CC)cc1. The summed E-state index contributed by atoms with van der Waals surface area (Å²) in [5.74, 6) is 0.921. The van der Waals surface area contributed by atoms with Crippen LogP contribution in [0.5, 0.6) is 5.75 Å². The molecule has 5 heteroatoms. The Morgan fingerprint density at radius 3 is 2.46 bits per heavy atom. The average Bonchev–Trinajstić information content (AvgIpc) is 2.66. The van der Waals surface area contributed by atoms with Gasteiger partial charge in [-0.25, -0.2) is 0 Å². The highest BCUT2D eigenvalue weighted by Crippen LogP contribution is 2.26. The van der Waals surface area contributed by atoms with E-state index in [-0.39, 0.29) is 11.0 Å². The van der Waals surface area contributed by atoms with E-state index in [1.54, 1.807) is 24.3 Å². The van der Waals surface area contributed by atoms with E-state index in [1.807, 2.05) is 18.2 Å². The Hall–Kier alpha value is -2.40. The molecule has 1 atom stereocenters. The van der Waals surface area contributed by atoms with Gasteiger partial charge in [-0.1, -0.05) is 39.0 Å². The molecule has 26 heavy (non-hydrogen) atoms. The molecule has 0 heterocycles.